The smallest absolute Gasteiger partial charge is 0.270 e. The molecule has 2 aromatic carbocycles. The van der Waals surface area contributed by atoms with Gasteiger partial charge in [0.15, 0.2) is 0 Å². The van der Waals surface area contributed by atoms with Crippen molar-refractivity contribution in [3.8, 4) is 0 Å². The van der Waals surface area contributed by atoms with Crippen LogP contribution < -0.4 is 11.1 Å². The van der Waals surface area contributed by atoms with E-state index in [9.17, 15) is 9.59 Å². The molecule has 0 aliphatic carbocycles. The number of nitrogens with one attached hydrogen (secondary N) is 2. The molecule has 3 rings (SSSR count). The number of benzene rings is 2. The molecule has 0 aromatic heterocycles. The first-order valence-electron chi connectivity index (χ1n) is 9.14. The van der Waals surface area contributed by atoms with Gasteiger partial charge in [-0.3, -0.25) is 15.0 Å². The second-order valence-corrected chi connectivity index (χ2v) is 6.73. The van der Waals surface area contributed by atoms with Crippen LogP contribution in [-0.4, -0.2) is 35.4 Å². The first-order valence-corrected chi connectivity index (χ1v) is 9.14. The Kier molecular flexibility index (Phi) is 5.75. The molecule has 0 saturated carbocycles. The number of carbonyl (C=O) groups excluding carboxylic acids is 2. The molecular formula is C21H24N4O3. The average molecular weight is 380 g/mol. The summed E-state index contributed by atoms with van der Waals surface area (Å²) in [6.45, 7) is 4.70. The van der Waals surface area contributed by atoms with Crippen molar-refractivity contribution in [3.05, 3.63) is 70.3 Å². The van der Waals surface area contributed by atoms with Crippen molar-refractivity contribution in [1.29, 1.82) is 5.41 Å². The zero-order chi connectivity index (χ0) is 20.3. The van der Waals surface area contributed by atoms with Crippen LogP contribution in [0.5, 0.6) is 0 Å². The molecule has 2 amide bonds. The van der Waals surface area contributed by atoms with E-state index in [1.807, 2.05) is 19.1 Å². The molecule has 7 heteroatoms. The summed E-state index contributed by atoms with van der Waals surface area (Å²) in [5, 5.41) is 10.2. The Labute approximate surface area is 164 Å². The molecule has 4 N–H and O–H groups in total. The summed E-state index contributed by atoms with van der Waals surface area (Å²) in [6, 6.07) is 12.7. The van der Waals surface area contributed by atoms with Crippen LogP contribution in [-0.2, 0) is 22.6 Å². The third-order valence-electron chi connectivity index (χ3n) is 4.66. The number of amidine groups is 1. The quantitative estimate of drug-likeness (QED) is 0.504. The van der Waals surface area contributed by atoms with Gasteiger partial charge in [0.1, 0.15) is 5.84 Å². The molecule has 1 atom stereocenters. The summed E-state index contributed by atoms with van der Waals surface area (Å²) in [5.41, 5.74) is 9.52. The minimum atomic E-state index is -0.985. The zero-order valence-corrected chi connectivity index (χ0v) is 16.0. The largest absolute Gasteiger partial charge is 0.384 e. The number of hydrogen-bond acceptors (Lipinski definition) is 4. The van der Waals surface area contributed by atoms with Crippen LogP contribution in [0, 0.1) is 12.3 Å². The molecule has 1 heterocycles. The van der Waals surface area contributed by atoms with Crippen molar-refractivity contribution >= 4 is 17.6 Å². The van der Waals surface area contributed by atoms with Crippen molar-refractivity contribution in [3.63, 3.8) is 0 Å². The lowest BCUT2D eigenvalue weighted by Gasteiger charge is -2.26. The maximum Gasteiger partial charge on any atom is 0.270 e. The van der Waals surface area contributed by atoms with E-state index in [4.69, 9.17) is 15.9 Å². The Morgan fingerprint density at radius 1 is 1.29 bits per heavy atom. The fraction of sp³-hybridized carbons (Fsp3) is 0.286. The Morgan fingerprint density at radius 3 is 2.64 bits per heavy atom. The van der Waals surface area contributed by atoms with E-state index < -0.39 is 6.23 Å². The molecule has 2 aromatic rings. The lowest BCUT2D eigenvalue weighted by Crippen LogP contribution is -2.48. The molecule has 0 radical (unpaired) electrons. The maximum atomic E-state index is 12.7. The number of rotatable bonds is 7. The summed E-state index contributed by atoms with van der Waals surface area (Å²) >= 11 is 0. The van der Waals surface area contributed by atoms with Crippen LogP contribution in [0.15, 0.2) is 42.5 Å². The number of ether oxygens (including phenoxy) is 1. The van der Waals surface area contributed by atoms with Gasteiger partial charge in [0.2, 0.25) is 6.23 Å². The molecule has 146 valence electrons. The predicted molar refractivity (Wildman–Crippen MR) is 106 cm³/mol. The molecule has 1 aliphatic rings. The van der Waals surface area contributed by atoms with E-state index in [1.165, 1.54) is 4.90 Å². The molecule has 28 heavy (non-hydrogen) atoms. The fourth-order valence-electron chi connectivity index (χ4n) is 3.21. The lowest BCUT2D eigenvalue weighted by molar-refractivity contribution is -0.143. The summed E-state index contributed by atoms with van der Waals surface area (Å²) in [5.74, 6) is -0.570. The Bertz CT molecular complexity index is 908. The van der Waals surface area contributed by atoms with Gasteiger partial charge in [-0.1, -0.05) is 42.0 Å². The van der Waals surface area contributed by atoms with E-state index in [0.717, 1.165) is 16.7 Å². The van der Waals surface area contributed by atoms with Crippen molar-refractivity contribution in [2.24, 2.45) is 5.73 Å². The van der Waals surface area contributed by atoms with E-state index in [-0.39, 0.29) is 24.2 Å². The highest BCUT2D eigenvalue weighted by Crippen LogP contribution is 2.26. The molecule has 0 spiro atoms. The number of nitrogens with zero attached hydrogens (tertiary/aromatic N) is 1. The second kappa shape index (κ2) is 8.22. The van der Waals surface area contributed by atoms with Gasteiger partial charge in [0, 0.05) is 30.8 Å². The molecule has 0 bridgehead atoms. The van der Waals surface area contributed by atoms with Crippen molar-refractivity contribution in [2.45, 2.75) is 33.2 Å². The van der Waals surface area contributed by atoms with Gasteiger partial charge in [-0.2, -0.15) is 0 Å². The highest BCUT2D eigenvalue weighted by atomic mass is 16.5. The van der Waals surface area contributed by atoms with Crippen LogP contribution in [0.2, 0.25) is 0 Å². The number of nitrogen functional groups attached to an aromatic ring is 1. The number of aryl methyl sites for hydroxylation is 1. The summed E-state index contributed by atoms with van der Waals surface area (Å²) < 4.78 is 5.61. The lowest BCUT2D eigenvalue weighted by atomic mass is 10.1. The number of fused-ring (bicyclic) bond motifs is 1. The summed E-state index contributed by atoms with van der Waals surface area (Å²) in [6.07, 6.45) is -0.985. The first-order chi connectivity index (χ1) is 13.4. The minimum Gasteiger partial charge on any atom is -0.384 e. The van der Waals surface area contributed by atoms with Crippen LogP contribution in [0.1, 0.15) is 39.5 Å². The Balaban J connectivity index is 1.69. The standard InChI is InChI=1S/C21H24N4O3/c1-3-28-21(25-12-16-10-13(2)4-9-17(16)20(25)27)19(26)24-11-14-5-7-15(8-6-14)18(22)23/h4-10,21H,3,11-12H2,1-2H3,(H3,22,23)(H,24,26)/t21-/m0/s1. The van der Waals surface area contributed by atoms with E-state index in [0.29, 0.717) is 24.3 Å². The summed E-state index contributed by atoms with van der Waals surface area (Å²) in [4.78, 5) is 26.9. The Hall–Kier alpha value is -3.19. The second-order valence-electron chi connectivity index (χ2n) is 6.73. The van der Waals surface area contributed by atoms with Gasteiger partial charge >= 0.3 is 0 Å². The van der Waals surface area contributed by atoms with Crippen LogP contribution in [0.25, 0.3) is 0 Å². The SMILES string of the molecule is CCO[C@@H](C(=O)NCc1ccc(C(=N)N)cc1)N1Cc2cc(C)ccc2C1=O. The fourth-order valence-corrected chi connectivity index (χ4v) is 3.21. The molecule has 7 nitrogen and oxygen atoms in total. The van der Waals surface area contributed by atoms with E-state index >= 15 is 0 Å². The van der Waals surface area contributed by atoms with Crippen molar-refractivity contribution in [1.82, 2.24) is 10.2 Å². The number of amides is 2. The molecule has 0 fully saturated rings. The van der Waals surface area contributed by atoms with E-state index in [1.54, 1.807) is 37.3 Å². The van der Waals surface area contributed by atoms with Crippen molar-refractivity contribution in [2.75, 3.05) is 6.61 Å². The zero-order valence-electron chi connectivity index (χ0n) is 16.0. The first kappa shape index (κ1) is 19.6. The highest BCUT2D eigenvalue weighted by molar-refractivity contribution is 6.00. The van der Waals surface area contributed by atoms with Gasteiger partial charge < -0.3 is 20.7 Å². The van der Waals surface area contributed by atoms with Gasteiger partial charge in [-0.05, 0) is 31.0 Å². The number of hydrogen-bond donors (Lipinski definition) is 3. The normalized spacial score (nSPS) is 13.9. The van der Waals surface area contributed by atoms with Gasteiger partial charge in [-0.15, -0.1) is 0 Å². The van der Waals surface area contributed by atoms with Crippen LogP contribution >= 0.6 is 0 Å². The van der Waals surface area contributed by atoms with Gasteiger partial charge in [0.25, 0.3) is 11.8 Å². The minimum absolute atomic E-state index is 0.00524. The van der Waals surface area contributed by atoms with Crippen LogP contribution in [0.3, 0.4) is 0 Å². The molecule has 0 unspecified atom stereocenters. The number of carbonyl (C=O) groups is 2. The molecule has 0 saturated heterocycles. The third-order valence-corrected chi connectivity index (χ3v) is 4.66. The van der Waals surface area contributed by atoms with Crippen LogP contribution in [0.4, 0.5) is 0 Å². The van der Waals surface area contributed by atoms with Gasteiger partial charge in [0.05, 0.1) is 0 Å². The number of nitrogens with two attached hydrogens (primary N) is 1. The molecule has 1 aliphatic heterocycles. The topological polar surface area (TPSA) is 109 Å². The third kappa shape index (κ3) is 4.04. The predicted octanol–water partition coefficient (Wildman–Crippen LogP) is 1.91. The highest BCUT2D eigenvalue weighted by Gasteiger charge is 2.36. The Morgan fingerprint density at radius 2 is 2.00 bits per heavy atom. The summed E-state index contributed by atoms with van der Waals surface area (Å²) in [7, 11) is 0. The van der Waals surface area contributed by atoms with Gasteiger partial charge in [-0.25, -0.2) is 0 Å². The average Bonchev–Trinajstić information content (AvgIpc) is 3.00. The van der Waals surface area contributed by atoms with Crippen molar-refractivity contribution < 1.29 is 14.3 Å². The maximum absolute atomic E-state index is 12.7. The molecular weight excluding hydrogens is 356 g/mol. The monoisotopic (exact) mass is 380 g/mol. The van der Waals surface area contributed by atoms with E-state index in [2.05, 4.69) is 5.32 Å².